The second-order valence-corrected chi connectivity index (χ2v) is 10.8. The molecular formula is C17H17BrFN3O4S2. The largest absolute Gasteiger partial charge is 0.273 e. The number of halogens is 2. The molecular weight excluding hydrogens is 473 g/mol. The molecule has 1 aromatic carbocycles. The van der Waals surface area contributed by atoms with Crippen molar-refractivity contribution in [2.45, 2.75) is 17.1 Å². The van der Waals surface area contributed by atoms with Gasteiger partial charge in [-0.3, -0.25) is 20.4 Å². The van der Waals surface area contributed by atoms with Crippen LogP contribution in [0.1, 0.15) is 23.2 Å². The lowest BCUT2D eigenvalue weighted by molar-refractivity contribution is -0.126. The zero-order valence-corrected chi connectivity index (χ0v) is 17.7. The topological polar surface area (TPSA) is 95.6 Å². The molecule has 0 aliphatic carbocycles. The van der Waals surface area contributed by atoms with Gasteiger partial charge in [0.25, 0.3) is 15.9 Å². The van der Waals surface area contributed by atoms with E-state index in [-0.39, 0.29) is 22.9 Å². The molecule has 11 heteroatoms. The predicted molar refractivity (Wildman–Crippen MR) is 106 cm³/mol. The van der Waals surface area contributed by atoms with Crippen LogP contribution in [0.2, 0.25) is 0 Å². The van der Waals surface area contributed by atoms with Gasteiger partial charge in [-0.05, 0) is 53.0 Å². The van der Waals surface area contributed by atoms with Crippen molar-refractivity contribution in [2.24, 2.45) is 5.92 Å². The van der Waals surface area contributed by atoms with Gasteiger partial charge in [0, 0.05) is 19.0 Å². The fraction of sp³-hybridized carbons (Fsp3) is 0.294. The molecule has 0 atom stereocenters. The van der Waals surface area contributed by atoms with Gasteiger partial charge in [0.1, 0.15) is 10.0 Å². The molecule has 0 saturated carbocycles. The van der Waals surface area contributed by atoms with E-state index in [2.05, 4.69) is 26.8 Å². The summed E-state index contributed by atoms with van der Waals surface area (Å²) in [6.07, 6.45) is 0.653. The molecule has 0 radical (unpaired) electrons. The average Bonchev–Trinajstić information content (AvgIpc) is 3.13. The van der Waals surface area contributed by atoms with E-state index in [0.717, 1.165) is 21.2 Å². The van der Waals surface area contributed by atoms with Gasteiger partial charge in [0.05, 0.1) is 9.35 Å². The van der Waals surface area contributed by atoms with Crippen molar-refractivity contribution in [2.75, 3.05) is 13.1 Å². The van der Waals surface area contributed by atoms with Gasteiger partial charge < -0.3 is 0 Å². The van der Waals surface area contributed by atoms with Crippen molar-refractivity contribution in [3.05, 3.63) is 51.6 Å². The summed E-state index contributed by atoms with van der Waals surface area (Å²) in [4.78, 5) is 24.2. The summed E-state index contributed by atoms with van der Waals surface area (Å²) in [5, 5.41) is 0. The van der Waals surface area contributed by atoms with Crippen LogP contribution in [0.25, 0.3) is 0 Å². The molecule has 2 heterocycles. The highest BCUT2D eigenvalue weighted by atomic mass is 79.9. The Morgan fingerprint density at radius 3 is 2.39 bits per heavy atom. The molecule has 150 valence electrons. The number of hydrogen-bond donors (Lipinski definition) is 2. The maximum absolute atomic E-state index is 13.6. The zero-order valence-electron chi connectivity index (χ0n) is 14.5. The maximum Gasteiger partial charge on any atom is 0.272 e. The van der Waals surface area contributed by atoms with Gasteiger partial charge in [-0.1, -0.05) is 12.1 Å². The van der Waals surface area contributed by atoms with Gasteiger partial charge in [-0.25, -0.2) is 12.8 Å². The third-order valence-electron chi connectivity index (χ3n) is 4.39. The Morgan fingerprint density at radius 1 is 1.11 bits per heavy atom. The predicted octanol–water partition coefficient (Wildman–Crippen LogP) is 2.51. The van der Waals surface area contributed by atoms with Crippen LogP contribution >= 0.6 is 27.3 Å². The van der Waals surface area contributed by atoms with Gasteiger partial charge in [0.15, 0.2) is 0 Å². The number of nitrogens with zero attached hydrogens (tertiary/aromatic N) is 1. The third-order valence-corrected chi connectivity index (χ3v) is 8.37. The van der Waals surface area contributed by atoms with Gasteiger partial charge in [0.2, 0.25) is 5.91 Å². The number of rotatable bonds is 4. The highest BCUT2D eigenvalue weighted by Crippen LogP contribution is 2.30. The Kier molecular flexibility index (Phi) is 6.48. The van der Waals surface area contributed by atoms with Crippen molar-refractivity contribution in [3.8, 4) is 0 Å². The first-order chi connectivity index (χ1) is 13.3. The van der Waals surface area contributed by atoms with Crippen molar-refractivity contribution in [3.63, 3.8) is 0 Å². The minimum Gasteiger partial charge on any atom is -0.273 e. The number of amides is 2. The van der Waals surface area contributed by atoms with E-state index >= 15 is 0 Å². The minimum absolute atomic E-state index is 0.175. The number of hydrazine groups is 1. The van der Waals surface area contributed by atoms with Crippen molar-refractivity contribution < 1.29 is 22.4 Å². The average molecular weight is 490 g/mol. The number of nitrogens with one attached hydrogen (secondary N) is 2. The molecule has 1 aliphatic rings. The van der Waals surface area contributed by atoms with E-state index in [4.69, 9.17) is 0 Å². The Balaban J connectivity index is 1.53. The van der Waals surface area contributed by atoms with Crippen molar-refractivity contribution >= 4 is 49.1 Å². The smallest absolute Gasteiger partial charge is 0.272 e. The lowest BCUT2D eigenvalue weighted by Gasteiger charge is -2.30. The molecule has 0 spiro atoms. The molecule has 2 N–H and O–H groups in total. The first kappa shape index (κ1) is 20.9. The van der Waals surface area contributed by atoms with E-state index < -0.39 is 33.6 Å². The SMILES string of the molecule is O=C(NNC(=O)C1CCN(S(=O)(=O)c2ccc(Br)s2)CC1)c1ccccc1F. The number of carbonyl (C=O) groups is 2. The quantitative estimate of drug-likeness (QED) is 0.644. The van der Waals surface area contributed by atoms with E-state index in [0.29, 0.717) is 12.8 Å². The summed E-state index contributed by atoms with van der Waals surface area (Å²) in [5.74, 6) is -2.31. The Morgan fingerprint density at radius 2 is 1.79 bits per heavy atom. The second kappa shape index (κ2) is 8.68. The Labute approximate surface area is 174 Å². The third kappa shape index (κ3) is 4.59. The van der Waals surface area contributed by atoms with E-state index in [1.165, 1.54) is 22.5 Å². The second-order valence-electron chi connectivity index (χ2n) is 6.16. The van der Waals surface area contributed by atoms with E-state index in [9.17, 15) is 22.4 Å². The van der Waals surface area contributed by atoms with Gasteiger partial charge in [-0.2, -0.15) is 4.31 Å². The summed E-state index contributed by atoms with van der Waals surface area (Å²) in [6.45, 7) is 0.411. The van der Waals surface area contributed by atoms with Crippen molar-refractivity contribution in [1.29, 1.82) is 0 Å². The zero-order chi connectivity index (χ0) is 20.3. The van der Waals surface area contributed by atoms with Crippen molar-refractivity contribution in [1.82, 2.24) is 15.2 Å². The van der Waals surface area contributed by atoms with Gasteiger partial charge in [-0.15, -0.1) is 11.3 Å². The lowest BCUT2D eigenvalue weighted by atomic mass is 9.98. The molecule has 0 bridgehead atoms. The number of hydrogen-bond acceptors (Lipinski definition) is 5. The number of piperidine rings is 1. The van der Waals surface area contributed by atoms with Crippen LogP contribution in [-0.4, -0.2) is 37.6 Å². The summed E-state index contributed by atoms with van der Waals surface area (Å²) < 4.78 is 41.1. The Bertz CT molecular complexity index is 988. The monoisotopic (exact) mass is 489 g/mol. The molecule has 0 unspecified atom stereocenters. The fourth-order valence-corrected chi connectivity index (χ4v) is 6.49. The first-order valence-corrected chi connectivity index (χ1v) is 11.4. The summed E-state index contributed by atoms with van der Waals surface area (Å²) in [5.41, 5.74) is 4.31. The maximum atomic E-state index is 13.6. The van der Waals surface area contributed by atoms with Crippen LogP contribution in [0, 0.1) is 11.7 Å². The molecule has 2 amide bonds. The molecule has 28 heavy (non-hydrogen) atoms. The molecule has 1 saturated heterocycles. The fourth-order valence-electron chi connectivity index (χ4n) is 2.86. The highest BCUT2D eigenvalue weighted by Gasteiger charge is 2.33. The standard InChI is InChI=1S/C17H17BrFN3O4S2/c18-14-5-6-15(27-14)28(25,26)22-9-7-11(8-10-22)16(23)20-21-17(24)12-3-1-2-4-13(12)19/h1-6,11H,7-10H2,(H,20,23)(H,21,24). The summed E-state index contributed by atoms with van der Waals surface area (Å²) >= 11 is 4.39. The number of thiophene rings is 1. The van der Waals surface area contributed by atoms with Crippen LogP contribution in [0.5, 0.6) is 0 Å². The van der Waals surface area contributed by atoms with Crippen LogP contribution in [0.4, 0.5) is 4.39 Å². The minimum atomic E-state index is -3.58. The van der Waals surface area contributed by atoms with Crippen LogP contribution in [0.15, 0.2) is 44.4 Å². The lowest BCUT2D eigenvalue weighted by Crippen LogP contribution is -2.48. The molecule has 2 aromatic rings. The van der Waals surface area contributed by atoms with E-state index in [1.54, 1.807) is 12.1 Å². The number of sulfonamides is 1. The normalized spacial score (nSPS) is 15.9. The van der Waals surface area contributed by atoms with E-state index in [1.807, 2.05) is 0 Å². The molecule has 7 nitrogen and oxygen atoms in total. The summed E-state index contributed by atoms with van der Waals surface area (Å²) in [7, 11) is -3.58. The molecule has 1 aliphatic heterocycles. The first-order valence-electron chi connectivity index (χ1n) is 8.39. The van der Waals surface area contributed by atoms with Crippen LogP contribution < -0.4 is 10.9 Å². The van der Waals surface area contributed by atoms with Gasteiger partial charge >= 0.3 is 0 Å². The molecule has 1 fully saturated rings. The highest BCUT2D eigenvalue weighted by molar-refractivity contribution is 9.11. The van der Waals surface area contributed by atoms with Crippen LogP contribution in [-0.2, 0) is 14.8 Å². The molecule has 3 rings (SSSR count). The summed E-state index contributed by atoms with van der Waals surface area (Å²) in [6, 6.07) is 8.66. The van der Waals surface area contributed by atoms with Crippen LogP contribution in [0.3, 0.4) is 0 Å². The number of benzene rings is 1. The number of carbonyl (C=O) groups excluding carboxylic acids is 2. The Hall–Kier alpha value is -1.82. The molecule has 1 aromatic heterocycles.